The Hall–Kier alpha value is -3.56. The summed E-state index contributed by atoms with van der Waals surface area (Å²) < 4.78 is 42.3. The van der Waals surface area contributed by atoms with Gasteiger partial charge in [0.1, 0.15) is 11.6 Å². The van der Waals surface area contributed by atoms with Gasteiger partial charge in [-0.2, -0.15) is 5.10 Å². The first-order valence-corrected chi connectivity index (χ1v) is 10.1. The largest absolute Gasteiger partial charge is 0.573 e. The Balaban J connectivity index is 1.43. The van der Waals surface area contributed by atoms with Crippen molar-refractivity contribution in [3.05, 3.63) is 76.0 Å². The van der Waals surface area contributed by atoms with Crippen LogP contribution in [0.15, 0.2) is 53.3 Å². The molecule has 1 fully saturated rings. The molecule has 2 aromatic carbocycles. The van der Waals surface area contributed by atoms with Gasteiger partial charge in [0.2, 0.25) is 0 Å². The number of nitrogens with zero attached hydrogens (tertiary/aromatic N) is 3. The fourth-order valence-corrected chi connectivity index (χ4v) is 3.85. The molecule has 0 unspecified atom stereocenters. The number of ether oxygens (including phenoxy) is 1. The smallest absolute Gasteiger partial charge is 0.406 e. The van der Waals surface area contributed by atoms with Gasteiger partial charge in [-0.3, -0.25) is 4.79 Å². The van der Waals surface area contributed by atoms with Gasteiger partial charge in [0, 0.05) is 24.6 Å². The van der Waals surface area contributed by atoms with Crippen LogP contribution in [0.1, 0.15) is 40.5 Å². The van der Waals surface area contributed by atoms with E-state index in [2.05, 4.69) is 14.9 Å². The van der Waals surface area contributed by atoms with E-state index in [-0.39, 0.29) is 28.8 Å². The zero-order valence-electron chi connectivity index (χ0n) is 17.2. The van der Waals surface area contributed by atoms with E-state index in [1.54, 1.807) is 9.47 Å². The van der Waals surface area contributed by atoms with Crippen molar-refractivity contribution in [3.8, 4) is 11.4 Å². The molecule has 1 amide bonds. The second kappa shape index (κ2) is 8.52. The van der Waals surface area contributed by atoms with E-state index in [0.717, 1.165) is 23.4 Å². The average molecular weight is 446 g/mol. The molecule has 1 aromatic heterocycles. The van der Waals surface area contributed by atoms with Crippen molar-refractivity contribution < 1.29 is 22.7 Å². The SMILES string of the molecule is Cc1ccc(-n2c(C3CCN(C(=O)c4ccc(OC(F)(F)F)cc4)CC3)n[nH]c2=O)cc1. The Labute approximate surface area is 181 Å². The lowest BCUT2D eigenvalue weighted by Gasteiger charge is -2.31. The Morgan fingerprint density at radius 2 is 1.69 bits per heavy atom. The van der Waals surface area contributed by atoms with Crippen molar-refractivity contribution >= 4 is 5.91 Å². The number of aryl methyl sites for hydroxylation is 1. The number of rotatable bonds is 4. The topological polar surface area (TPSA) is 80.2 Å². The molecule has 0 spiro atoms. The van der Waals surface area contributed by atoms with Gasteiger partial charge in [-0.05, 0) is 56.2 Å². The van der Waals surface area contributed by atoms with Crippen LogP contribution >= 0.6 is 0 Å². The van der Waals surface area contributed by atoms with Gasteiger partial charge < -0.3 is 9.64 Å². The molecule has 0 radical (unpaired) electrons. The van der Waals surface area contributed by atoms with E-state index in [0.29, 0.717) is 31.8 Å². The van der Waals surface area contributed by atoms with E-state index >= 15 is 0 Å². The number of H-pyrrole nitrogens is 1. The normalized spacial score (nSPS) is 15.1. The second-order valence-corrected chi connectivity index (χ2v) is 7.70. The molecule has 10 heteroatoms. The van der Waals surface area contributed by atoms with Crippen LogP contribution in [-0.2, 0) is 0 Å². The fraction of sp³-hybridized carbons (Fsp3) is 0.318. The number of alkyl halides is 3. The molecule has 4 rings (SSSR count). The summed E-state index contributed by atoms with van der Waals surface area (Å²) in [5.74, 6) is -0.0261. The summed E-state index contributed by atoms with van der Waals surface area (Å²) in [5.41, 5.74) is 1.78. The van der Waals surface area contributed by atoms with Crippen molar-refractivity contribution in [2.45, 2.75) is 32.0 Å². The first-order chi connectivity index (χ1) is 15.2. The minimum atomic E-state index is -4.78. The quantitative estimate of drug-likeness (QED) is 0.662. The predicted octanol–water partition coefficient (Wildman–Crippen LogP) is 3.79. The van der Waals surface area contributed by atoms with Crippen molar-refractivity contribution in [1.82, 2.24) is 19.7 Å². The molecule has 0 saturated carbocycles. The standard InChI is InChI=1S/C22H21F3N4O3/c1-14-2-6-17(7-3-14)29-19(26-27-21(29)31)15-10-12-28(13-11-15)20(30)16-4-8-18(9-5-16)32-22(23,24)25/h2-9,15H,10-13H2,1H3,(H,27,31). The number of amides is 1. The van der Waals surface area contributed by atoms with E-state index < -0.39 is 6.36 Å². The molecule has 2 heterocycles. The first-order valence-electron chi connectivity index (χ1n) is 10.1. The van der Waals surface area contributed by atoms with Crippen molar-refractivity contribution in [2.75, 3.05) is 13.1 Å². The zero-order valence-corrected chi connectivity index (χ0v) is 17.2. The highest BCUT2D eigenvalue weighted by atomic mass is 19.4. The molecule has 1 aliphatic heterocycles. The van der Waals surface area contributed by atoms with Crippen LogP contribution in [0, 0.1) is 6.92 Å². The molecule has 0 aliphatic carbocycles. The maximum absolute atomic E-state index is 12.7. The van der Waals surface area contributed by atoms with Gasteiger partial charge in [0.25, 0.3) is 5.91 Å². The van der Waals surface area contributed by atoms with Gasteiger partial charge in [0.15, 0.2) is 0 Å². The zero-order chi connectivity index (χ0) is 22.9. The molecule has 168 valence electrons. The third-order valence-electron chi connectivity index (χ3n) is 5.47. The predicted molar refractivity (Wildman–Crippen MR) is 110 cm³/mol. The number of piperidine rings is 1. The van der Waals surface area contributed by atoms with Gasteiger partial charge in [-0.15, -0.1) is 13.2 Å². The summed E-state index contributed by atoms with van der Waals surface area (Å²) in [6.07, 6.45) is -3.56. The van der Waals surface area contributed by atoms with E-state index in [4.69, 9.17) is 0 Å². The maximum atomic E-state index is 12.7. The molecule has 7 nitrogen and oxygen atoms in total. The Bertz CT molecular complexity index is 1140. The lowest BCUT2D eigenvalue weighted by molar-refractivity contribution is -0.274. The molecule has 3 aromatic rings. The maximum Gasteiger partial charge on any atom is 0.573 e. The molecular formula is C22H21F3N4O3. The third kappa shape index (κ3) is 4.68. The van der Waals surface area contributed by atoms with Crippen LogP contribution in [-0.4, -0.2) is 45.0 Å². The molecule has 1 N–H and O–H groups in total. The highest BCUT2D eigenvalue weighted by Crippen LogP contribution is 2.29. The molecular weight excluding hydrogens is 425 g/mol. The van der Waals surface area contributed by atoms with E-state index in [1.165, 1.54) is 12.1 Å². The van der Waals surface area contributed by atoms with Gasteiger partial charge >= 0.3 is 12.1 Å². The molecule has 0 atom stereocenters. The second-order valence-electron chi connectivity index (χ2n) is 7.70. The van der Waals surface area contributed by atoms with Crippen LogP contribution in [0.4, 0.5) is 13.2 Å². The summed E-state index contributed by atoms with van der Waals surface area (Å²) in [6.45, 7) is 2.85. The molecule has 32 heavy (non-hydrogen) atoms. The summed E-state index contributed by atoms with van der Waals surface area (Å²) in [5, 5.41) is 6.74. The van der Waals surface area contributed by atoms with Crippen LogP contribution in [0.2, 0.25) is 0 Å². The molecule has 1 aliphatic rings. The number of hydrogen-bond acceptors (Lipinski definition) is 4. The van der Waals surface area contributed by atoms with E-state index in [1.807, 2.05) is 31.2 Å². The highest BCUT2D eigenvalue weighted by molar-refractivity contribution is 5.94. The Kier molecular flexibility index (Phi) is 5.77. The monoisotopic (exact) mass is 446 g/mol. The number of aromatic amines is 1. The summed E-state index contributed by atoms with van der Waals surface area (Å²) >= 11 is 0. The number of halogens is 3. The number of nitrogens with one attached hydrogen (secondary N) is 1. The van der Waals surface area contributed by atoms with Crippen molar-refractivity contribution in [1.29, 1.82) is 0 Å². The summed E-state index contributed by atoms with van der Waals surface area (Å²) in [6, 6.07) is 12.4. The van der Waals surface area contributed by atoms with Gasteiger partial charge in [0.05, 0.1) is 5.69 Å². The lowest BCUT2D eigenvalue weighted by atomic mass is 9.95. The van der Waals surface area contributed by atoms with Gasteiger partial charge in [-0.1, -0.05) is 17.7 Å². The minimum absolute atomic E-state index is 0.0122. The van der Waals surface area contributed by atoms with Crippen LogP contribution in [0.3, 0.4) is 0 Å². The number of aromatic nitrogens is 3. The fourth-order valence-electron chi connectivity index (χ4n) is 3.85. The van der Waals surface area contributed by atoms with E-state index in [9.17, 15) is 22.8 Å². The molecule has 0 bridgehead atoms. The van der Waals surface area contributed by atoms with Crippen molar-refractivity contribution in [3.63, 3.8) is 0 Å². The third-order valence-corrected chi connectivity index (χ3v) is 5.47. The highest BCUT2D eigenvalue weighted by Gasteiger charge is 2.31. The first kappa shape index (κ1) is 21.7. The van der Waals surface area contributed by atoms with Crippen LogP contribution in [0.25, 0.3) is 5.69 Å². The number of hydrogen-bond donors (Lipinski definition) is 1. The van der Waals surface area contributed by atoms with Crippen LogP contribution in [0.5, 0.6) is 5.75 Å². The number of likely N-dealkylation sites (tertiary alicyclic amines) is 1. The minimum Gasteiger partial charge on any atom is -0.406 e. The summed E-state index contributed by atoms with van der Waals surface area (Å²) in [4.78, 5) is 26.7. The number of carbonyl (C=O) groups is 1. The summed E-state index contributed by atoms with van der Waals surface area (Å²) in [7, 11) is 0. The Morgan fingerprint density at radius 3 is 2.28 bits per heavy atom. The average Bonchev–Trinajstić information content (AvgIpc) is 3.15. The Morgan fingerprint density at radius 1 is 1.06 bits per heavy atom. The van der Waals surface area contributed by atoms with Crippen molar-refractivity contribution in [2.24, 2.45) is 0 Å². The molecule has 1 saturated heterocycles. The van der Waals surface area contributed by atoms with Crippen LogP contribution < -0.4 is 10.4 Å². The number of carbonyl (C=O) groups excluding carboxylic acids is 1. The lowest BCUT2D eigenvalue weighted by Crippen LogP contribution is -2.38. The number of benzene rings is 2. The van der Waals surface area contributed by atoms with Gasteiger partial charge in [-0.25, -0.2) is 14.5 Å².